The molecule has 0 spiro atoms. The first-order chi connectivity index (χ1) is 14.2. The van der Waals surface area contributed by atoms with E-state index < -0.39 is 40.5 Å². The van der Waals surface area contributed by atoms with Crippen LogP contribution < -0.4 is 15.8 Å². The van der Waals surface area contributed by atoms with Gasteiger partial charge in [-0.25, -0.2) is 18.4 Å². The first kappa shape index (κ1) is 23.0. The molecule has 0 bridgehead atoms. The monoisotopic (exact) mass is 433 g/mol. The van der Waals surface area contributed by atoms with Gasteiger partial charge in [-0.05, 0) is 43.2 Å². The van der Waals surface area contributed by atoms with Gasteiger partial charge >= 0.3 is 5.97 Å². The zero-order chi connectivity index (χ0) is 22.1. The second kappa shape index (κ2) is 10.5. The maximum absolute atomic E-state index is 12.0. The number of nitrogens with one attached hydrogen (secondary N) is 2. The predicted molar refractivity (Wildman–Crippen MR) is 109 cm³/mol. The molecule has 0 heterocycles. The third-order valence-electron chi connectivity index (χ3n) is 4.07. The van der Waals surface area contributed by atoms with Gasteiger partial charge in [-0.3, -0.25) is 9.59 Å². The lowest BCUT2D eigenvalue weighted by atomic mass is 10.1. The number of ether oxygens (including phenoxy) is 1. The van der Waals surface area contributed by atoms with Crippen molar-refractivity contribution >= 4 is 27.8 Å². The summed E-state index contributed by atoms with van der Waals surface area (Å²) in [7, 11) is -3.74. The van der Waals surface area contributed by atoms with E-state index in [2.05, 4.69) is 10.6 Å². The highest BCUT2D eigenvalue weighted by molar-refractivity contribution is 7.89. The molecule has 1 atom stereocenters. The van der Waals surface area contributed by atoms with Crippen molar-refractivity contribution in [1.29, 1.82) is 0 Å². The van der Waals surface area contributed by atoms with Crippen LogP contribution in [-0.4, -0.2) is 45.4 Å². The fourth-order valence-corrected chi connectivity index (χ4v) is 2.95. The minimum atomic E-state index is -3.74. The number of benzene rings is 2. The van der Waals surface area contributed by atoms with E-state index in [1.807, 2.05) is 0 Å². The molecule has 0 aromatic heterocycles. The van der Waals surface area contributed by atoms with Crippen LogP contribution in [0.5, 0.6) is 0 Å². The summed E-state index contributed by atoms with van der Waals surface area (Å²) in [5.74, 6) is -1.64. The molecule has 160 valence electrons. The van der Waals surface area contributed by atoms with Crippen LogP contribution in [0.15, 0.2) is 59.5 Å². The summed E-state index contributed by atoms with van der Waals surface area (Å²) < 4.78 is 27.3. The second-order valence-corrected chi connectivity index (χ2v) is 8.02. The molecule has 2 aromatic carbocycles. The molecular formula is C20H23N3O6S. The summed E-state index contributed by atoms with van der Waals surface area (Å²) in [5.41, 5.74) is 1.21. The second-order valence-electron chi connectivity index (χ2n) is 6.46. The largest absolute Gasteiger partial charge is 0.454 e. The predicted octanol–water partition coefficient (Wildman–Crippen LogP) is 0.354. The molecule has 0 aliphatic rings. The van der Waals surface area contributed by atoms with Crippen molar-refractivity contribution in [1.82, 2.24) is 10.6 Å². The number of carbonyl (C=O) groups is 3. The zero-order valence-corrected chi connectivity index (χ0v) is 17.1. The van der Waals surface area contributed by atoms with Gasteiger partial charge in [0.1, 0.15) is 6.04 Å². The standard InChI is InChI=1S/C20H23N3O6S/c1-14(23-19(25)16-5-3-2-4-6-16)20(26)29-13-18(24)22-12-11-15-7-9-17(10-8-15)30(21,27)28/h2-10,14H,11-13H2,1H3,(H,22,24)(H,23,25)(H2,21,27,28)/t14-/m0/s1. The van der Waals surface area contributed by atoms with Gasteiger partial charge in [0, 0.05) is 12.1 Å². The molecule has 0 saturated heterocycles. The quantitative estimate of drug-likeness (QED) is 0.487. The highest BCUT2D eigenvalue weighted by atomic mass is 32.2. The number of amides is 2. The Kier molecular flexibility index (Phi) is 8.07. The average molecular weight is 433 g/mol. The van der Waals surface area contributed by atoms with Crippen molar-refractivity contribution in [2.45, 2.75) is 24.3 Å². The topological polar surface area (TPSA) is 145 Å². The van der Waals surface area contributed by atoms with Crippen LogP contribution in [0.4, 0.5) is 0 Å². The maximum Gasteiger partial charge on any atom is 0.328 e. The minimum absolute atomic E-state index is 0.00988. The molecule has 2 amide bonds. The maximum atomic E-state index is 12.0. The van der Waals surface area contributed by atoms with Crippen molar-refractivity contribution in [3.8, 4) is 0 Å². The van der Waals surface area contributed by atoms with Crippen molar-refractivity contribution in [3.63, 3.8) is 0 Å². The smallest absolute Gasteiger partial charge is 0.328 e. The zero-order valence-electron chi connectivity index (χ0n) is 16.3. The van der Waals surface area contributed by atoms with Gasteiger partial charge in [0.05, 0.1) is 4.90 Å². The molecule has 0 saturated carbocycles. The molecule has 2 aromatic rings. The van der Waals surface area contributed by atoms with E-state index in [1.54, 1.807) is 42.5 Å². The number of esters is 1. The number of hydrogen-bond acceptors (Lipinski definition) is 6. The van der Waals surface area contributed by atoms with Gasteiger partial charge in [-0.2, -0.15) is 0 Å². The van der Waals surface area contributed by atoms with Crippen LogP contribution in [-0.2, 0) is 30.8 Å². The van der Waals surface area contributed by atoms with Crippen molar-refractivity contribution < 1.29 is 27.5 Å². The third kappa shape index (κ3) is 7.30. The Labute approximate surface area is 174 Å². The average Bonchev–Trinajstić information content (AvgIpc) is 2.72. The normalized spacial score (nSPS) is 11.9. The van der Waals surface area contributed by atoms with Crippen LogP contribution in [0, 0.1) is 0 Å². The summed E-state index contributed by atoms with van der Waals surface area (Å²) in [6.45, 7) is 1.26. The van der Waals surface area contributed by atoms with Crippen molar-refractivity contribution in [3.05, 3.63) is 65.7 Å². The van der Waals surface area contributed by atoms with E-state index in [4.69, 9.17) is 9.88 Å². The summed E-state index contributed by atoms with van der Waals surface area (Å²) >= 11 is 0. The van der Waals surface area contributed by atoms with Crippen LogP contribution in [0.25, 0.3) is 0 Å². The van der Waals surface area contributed by atoms with Gasteiger partial charge in [0.15, 0.2) is 6.61 Å². The van der Waals surface area contributed by atoms with Crippen LogP contribution in [0.1, 0.15) is 22.8 Å². The fraction of sp³-hybridized carbons (Fsp3) is 0.250. The van der Waals surface area contributed by atoms with Crippen LogP contribution in [0.3, 0.4) is 0 Å². The Morgan fingerprint density at radius 3 is 2.27 bits per heavy atom. The Morgan fingerprint density at radius 2 is 1.67 bits per heavy atom. The van der Waals surface area contributed by atoms with Gasteiger partial charge in [-0.15, -0.1) is 0 Å². The Bertz CT molecular complexity index is 991. The highest BCUT2D eigenvalue weighted by Crippen LogP contribution is 2.08. The van der Waals surface area contributed by atoms with E-state index in [1.165, 1.54) is 19.1 Å². The van der Waals surface area contributed by atoms with Gasteiger partial charge in [0.25, 0.3) is 11.8 Å². The number of sulfonamides is 1. The van der Waals surface area contributed by atoms with Crippen molar-refractivity contribution in [2.24, 2.45) is 5.14 Å². The molecular weight excluding hydrogens is 410 g/mol. The van der Waals surface area contributed by atoms with E-state index in [0.717, 1.165) is 5.56 Å². The number of hydrogen-bond donors (Lipinski definition) is 3. The van der Waals surface area contributed by atoms with Crippen molar-refractivity contribution in [2.75, 3.05) is 13.2 Å². The lowest BCUT2D eigenvalue weighted by Gasteiger charge is -2.13. The Hall–Kier alpha value is -3.24. The first-order valence-electron chi connectivity index (χ1n) is 9.08. The molecule has 0 aliphatic carbocycles. The minimum Gasteiger partial charge on any atom is -0.454 e. The van der Waals surface area contributed by atoms with Gasteiger partial charge < -0.3 is 15.4 Å². The fourth-order valence-electron chi connectivity index (χ4n) is 2.43. The SMILES string of the molecule is C[C@H](NC(=O)c1ccccc1)C(=O)OCC(=O)NCCc1ccc(S(N)(=O)=O)cc1. The summed E-state index contributed by atoms with van der Waals surface area (Å²) in [5, 5.41) is 10.1. The number of primary sulfonamides is 1. The van der Waals surface area contributed by atoms with Gasteiger partial charge in [-0.1, -0.05) is 30.3 Å². The Morgan fingerprint density at radius 1 is 1.03 bits per heavy atom. The lowest BCUT2D eigenvalue weighted by Crippen LogP contribution is -2.41. The molecule has 0 fully saturated rings. The molecule has 0 radical (unpaired) electrons. The number of carbonyl (C=O) groups excluding carboxylic acids is 3. The van der Waals surface area contributed by atoms with Crippen LogP contribution in [0.2, 0.25) is 0 Å². The molecule has 10 heteroatoms. The molecule has 30 heavy (non-hydrogen) atoms. The summed E-state index contributed by atoms with van der Waals surface area (Å²) in [4.78, 5) is 35.8. The number of rotatable bonds is 9. The highest BCUT2D eigenvalue weighted by Gasteiger charge is 2.19. The molecule has 0 unspecified atom stereocenters. The molecule has 9 nitrogen and oxygen atoms in total. The van der Waals surface area contributed by atoms with E-state index in [9.17, 15) is 22.8 Å². The van der Waals surface area contributed by atoms with E-state index in [-0.39, 0.29) is 11.4 Å². The Balaban J connectivity index is 1.69. The van der Waals surface area contributed by atoms with E-state index >= 15 is 0 Å². The molecule has 4 N–H and O–H groups in total. The molecule has 2 rings (SSSR count). The van der Waals surface area contributed by atoms with Gasteiger partial charge in [0.2, 0.25) is 10.0 Å². The summed E-state index contributed by atoms with van der Waals surface area (Å²) in [6.07, 6.45) is 0.453. The third-order valence-corrected chi connectivity index (χ3v) is 5.00. The molecule has 0 aliphatic heterocycles. The van der Waals surface area contributed by atoms with E-state index in [0.29, 0.717) is 12.0 Å². The van der Waals surface area contributed by atoms with Crippen LogP contribution >= 0.6 is 0 Å². The summed E-state index contributed by atoms with van der Waals surface area (Å²) in [6, 6.07) is 13.5. The number of nitrogens with two attached hydrogens (primary N) is 1. The first-order valence-corrected chi connectivity index (χ1v) is 10.6. The lowest BCUT2D eigenvalue weighted by molar-refractivity contribution is -0.150.